The van der Waals surface area contributed by atoms with Gasteiger partial charge in [-0.25, -0.2) is 0 Å². The smallest absolute Gasteiger partial charge is 0.191 e. The van der Waals surface area contributed by atoms with Crippen molar-refractivity contribution in [2.24, 2.45) is 0 Å². The molecule has 0 aliphatic heterocycles. The first kappa shape index (κ1) is 10.9. The number of methoxy groups -OCH3 is 1. The van der Waals surface area contributed by atoms with Crippen molar-refractivity contribution in [3.8, 4) is 0 Å². The fourth-order valence-electron chi connectivity index (χ4n) is 1.08. The van der Waals surface area contributed by atoms with Gasteiger partial charge >= 0.3 is 0 Å². The molecule has 0 fully saturated rings. The number of carbonyl (C=O) groups is 1. The van der Waals surface area contributed by atoms with E-state index in [9.17, 15) is 4.79 Å². The van der Waals surface area contributed by atoms with Crippen molar-refractivity contribution in [2.45, 2.75) is 13.0 Å². The molecule has 0 aliphatic carbocycles. The average Bonchev–Trinajstić information content (AvgIpc) is 2.26. The van der Waals surface area contributed by atoms with Crippen LogP contribution in [0, 0.1) is 0 Å². The molecule has 3 heteroatoms. The van der Waals surface area contributed by atoms with E-state index in [2.05, 4.69) is 0 Å². The van der Waals surface area contributed by atoms with Crippen LogP contribution >= 0.6 is 0 Å². The topological polar surface area (TPSA) is 35.5 Å². The summed E-state index contributed by atoms with van der Waals surface area (Å²) in [4.78, 5) is 11.7. The van der Waals surface area contributed by atoms with Crippen LogP contribution in [0.3, 0.4) is 0 Å². The molecule has 1 atom stereocenters. The summed E-state index contributed by atoms with van der Waals surface area (Å²) in [6.45, 7) is 1.86. The molecule has 14 heavy (non-hydrogen) atoms. The molecule has 0 bridgehead atoms. The second-order valence-corrected chi connectivity index (χ2v) is 2.95. The number of ether oxygens (including phenoxy) is 2. The van der Waals surface area contributed by atoms with Crippen molar-refractivity contribution >= 4 is 5.78 Å². The van der Waals surface area contributed by atoms with Gasteiger partial charge in [0.2, 0.25) is 0 Å². The van der Waals surface area contributed by atoms with Crippen LogP contribution < -0.4 is 0 Å². The molecule has 0 saturated heterocycles. The number of benzene rings is 1. The van der Waals surface area contributed by atoms with Gasteiger partial charge in [-0.2, -0.15) is 0 Å². The van der Waals surface area contributed by atoms with Crippen LogP contribution in [0.4, 0.5) is 0 Å². The highest BCUT2D eigenvalue weighted by molar-refractivity contribution is 5.99. The highest BCUT2D eigenvalue weighted by Gasteiger charge is 2.14. The molecule has 1 aromatic rings. The third-order valence-electron chi connectivity index (χ3n) is 1.86. The van der Waals surface area contributed by atoms with E-state index in [-0.39, 0.29) is 12.6 Å². The summed E-state index contributed by atoms with van der Waals surface area (Å²) >= 11 is 0. The Morgan fingerprint density at radius 3 is 2.57 bits per heavy atom. The van der Waals surface area contributed by atoms with E-state index in [4.69, 9.17) is 9.47 Å². The lowest BCUT2D eigenvalue weighted by molar-refractivity contribution is -0.0541. The molecule has 0 N–H and O–H groups in total. The van der Waals surface area contributed by atoms with Crippen LogP contribution in [0.1, 0.15) is 17.3 Å². The zero-order chi connectivity index (χ0) is 10.4. The summed E-state index contributed by atoms with van der Waals surface area (Å²) in [6, 6.07) is 9.08. The van der Waals surface area contributed by atoms with E-state index in [0.29, 0.717) is 5.56 Å². The minimum atomic E-state index is -0.461. The third kappa shape index (κ3) is 2.94. The van der Waals surface area contributed by atoms with Crippen LogP contribution in [0.2, 0.25) is 0 Å². The zero-order valence-electron chi connectivity index (χ0n) is 8.40. The maximum atomic E-state index is 11.7. The van der Waals surface area contributed by atoms with Crippen molar-refractivity contribution < 1.29 is 14.3 Å². The summed E-state index contributed by atoms with van der Waals surface area (Å²) in [7, 11) is 1.53. The van der Waals surface area contributed by atoms with Gasteiger partial charge in [-0.1, -0.05) is 30.3 Å². The number of carbonyl (C=O) groups excluding carboxylic acids is 1. The maximum Gasteiger partial charge on any atom is 0.191 e. The lowest BCUT2D eigenvalue weighted by Gasteiger charge is -2.10. The molecule has 0 saturated carbocycles. The molecule has 1 rings (SSSR count). The lowest BCUT2D eigenvalue weighted by atomic mass is 10.1. The monoisotopic (exact) mass is 194 g/mol. The minimum Gasteiger partial charge on any atom is -0.359 e. The Kier molecular flexibility index (Phi) is 4.29. The molecule has 1 unspecified atom stereocenters. The highest BCUT2D eigenvalue weighted by atomic mass is 16.7. The highest BCUT2D eigenvalue weighted by Crippen LogP contribution is 2.05. The average molecular weight is 194 g/mol. The summed E-state index contributed by atoms with van der Waals surface area (Å²) < 4.78 is 9.86. The van der Waals surface area contributed by atoms with Gasteiger partial charge in [-0.3, -0.25) is 4.79 Å². The summed E-state index contributed by atoms with van der Waals surface area (Å²) in [5, 5.41) is 0. The number of hydrogen-bond acceptors (Lipinski definition) is 3. The SMILES string of the molecule is COCOC(C)C(=O)c1ccccc1. The van der Waals surface area contributed by atoms with Gasteiger partial charge < -0.3 is 9.47 Å². The first-order valence-electron chi connectivity index (χ1n) is 4.45. The van der Waals surface area contributed by atoms with E-state index in [1.165, 1.54) is 7.11 Å². The quantitative estimate of drug-likeness (QED) is 0.530. The predicted molar refractivity (Wildman–Crippen MR) is 53.2 cm³/mol. The Labute approximate surface area is 83.6 Å². The predicted octanol–water partition coefficient (Wildman–Crippen LogP) is 1.88. The number of hydrogen-bond donors (Lipinski definition) is 0. The first-order chi connectivity index (χ1) is 6.75. The van der Waals surface area contributed by atoms with Crippen molar-refractivity contribution in [3.05, 3.63) is 35.9 Å². The van der Waals surface area contributed by atoms with Crippen molar-refractivity contribution in [2.75, 3.05) is 13.9 Å². The van der Waals surface area contributed by atoms with Gasteiger partial charge in [0.1, 0.15) is 12.9 Å². The van der Waals surface area contributed by atoms with Crippen LogP contribution in [0.5, 0.6) is 0 Å². The normalized spacial score (nSPS) is 12.4. The van der Waals surface area contributed by atoms with Gasteiger partial charge in [0.05, 0.1) is 0 Å². The van der Waals surface area contributed by atoms with Crippen molar-refractivity contribution in [1.29, 1.82) is 0 Å². The molecule has 1 aromatic carbocycles. The molecular formula is C11H14O3. The van der Waals surface area contributed by atoms with E-state index < -0.39 is 6.10 Å². The Balaban J connectivity index is 2.57. The Hall–Kier alpha value is -1.19. The van der Waals surface area contributed by atoms with E-state index in [1.807, 2.05) is 18.2 Å². The van der Waals surface area contributed by atoms with Gasteiger partial charge in [0, 0.05) is 12.7 Å². The standard InChI is InChI=1S/C11H14O3/c1-9(14-8-13-2)11(12)10-6-4-3-5-7-10/h3-7,9H,8H2,1-2H3. The fraction of sp³-hybridized carbons (Fsp3) is 0.364. The Morgan fingerprint density at radius 1 is 1.36 bits per heavy atom. The van der Waals surface area contributed by atoms with Gasteiger partial charge in [0.15, 0.2) is 5.78 Å². The molecule has 0 amide bonds. The van der Waals surface area contributed by atoms with Crippen molar-refractivity contribution in [3.63, 3.8) is 0 Å². The van der Waals surface area contributed by atoms with Crippen LogP contribution in [-0.4, -0.2) is 25.8 Å². The summed E-state index contributed by atoms with van der Waals surface area (Å²) in [6.07, 6.45) is -0.461. The van der Waals surface area contributed by atoms with Gasteiger partial charge in [-0.05, 0) is 6.92 Å². The Morgan fingerprint density at radius 2 is 2.00 bits per heavy atom. The molecule has 0 aliphatic rings. The molecule has 0 heterocycles. The summed E-state index contributed by atoms with van der Waals surface area (Å²) in [5.41, 5.74) is 0.663. The van der Waals surface area contributed by atoms with Crippen LogP contribution in [-0.2, 0) is 9.47 Å². The second kappa shape index (κ2) is 5.52. The van der Waals surface area contributed by atoms with E-state index in [0.717, 1.165) is 0 Å². The fourth-order valence-corrected chi connectivity index (χ4v) is 1.08. The van der Waals surface area contributed by atoms with E-state index in [1.54, 1.807) is 19.1 Å². The maximum absolute atomic E-state index is 11.7. The molecule has 0 radical (unpaired) electrons. The number of Topliss-reactive ketones (excluding diaryl/α,β-unsaturated/α-hetero) is 1. The molecule has 0 spiro atoms. The minimum absolute atomic E-state index is 0.0253. The van der Waals surface area contributed by atoms with Gasteiger partial charge in [-0.15, -0.1) is 0 Å². The molecule has 3 nitrogen and oxygen atoms in total. The van der Waals surface area contributed by atoms with Crippen LogP contribution in [0.25, 0.3) is 0 Å². The largest absolute Gasteiger partial charge is 0.359 e. The first-order valence-corrected chi connectivity index (χ1v) is 4.45. The van der Waals surface area contributed by atoms with Crippen LogP contribution in [0.15, 0.2) is 30.3 Å². The Bertz CT molecular complexity index is 282. The van der Waals surface area contributed by atoms with Gasteiger partial charge in [0.25, 0.3) is 0 Å². The third-order valence-corrected chi connectivity index (χ3v) is 1.86. The zero-order valence-corrected chi connectivity index (χ0v) is 8.40. The molecule has 0 aromatic heterocycles. The molecular weight excluding hydrogens is 180 g/mol. The number of ketones is 1. The van der Waals surface area contributed by atoms with Crippen molar-refractivity contribution in [1.82, 2.24) is 0 Å². The molecule has 76 valence electrons. The second-order valence-electron chi connectivity index (χ2n) is 2.95. The van der Waals surface area contributed by atoms with E-state index >= 15 is 0 Å². The lowest BCUT2D eigenvalue weighted by Crippen LogP contribution is -2.21. The summed E-state index contributed by atoms with van der Waals surface area (Å²) in [5.74, 6) is -0.0253. The number of rotatable bonds is 5.